The van der Waals surface area contributed by atoms with Crippen LogP contribution in [-0.4, -0.2) is 39.9 Å². The van der Waals surface area contributed by atoms with Crippen LogP contribution in [0.2, 0.25) is 0 Å². The molecule has 1 aromatic heterocycles. The van der Waals surface area contributed by atoms with Crippen LogP contribution in [0.25, 0.3) is 16.8 Å². The van der Waals surface area contributed by atoms with Crippen LogP contribution in [0.1, 0.15) is 43.5 Å². The van der Waals surface area contributed by atoms with Gasteiger partial charge in [-0.3, -0.25) is 14.5 Å². The lowest BCUT2D eigenvalue weighted by Gasteiger charge is -2.25. The van der Waals surface area contributed by atoms with E-state index in [9.17, 15) is 14.7 Å². The number of carbonyl (C=O) groups excluding carboxylic acids is 2. The normalized spacial score (nSPS) is 17.1. The molecule has 1 aliphatic rings. The average Bonchev–Trinajstić information content (AvgIpc) is 3.47. The first-order valence-corrected chi connectivity index (χ1v) is 12.7. The number of aromatic amines is 1. The summed E-state index contributed by atoms with van der Waals surface area (Å²) in [5.41, 5.74) is 4.85. The second kappa shape index (κ2) is 9.93. The number of amides is 1. The topological polar surface area (TPSA) is 89.5 Å². The summed E-state index contributed by atoms with van der Waals surface area (Å²) in [7, 11) is 0. The van der Waals surface area contributed by atoms with Crippen molar-refractivity contribution in [3.63, 3.8) is 0 Å². The van der Waals surface area contributed by atoms with Gasteiger partial charge in [0.2, 0.25) is 5.95 Å². The van der Waals surface area contributed by atoms with E-state index in [1.54, 1.807) is 12.1 Å². The van der Waals surface area contributed by atoms with Gasteiger partial charge < -0.3 is 15.0 Å². The Kier molecular flexibility index (Phi) is 6.53. The number of aliphatic hydroxyl groups excluding tert-OH is 1. The number of H-pyrrole nitrogens is 1. The number of benzene rings is 3. The van der Waals surface area contributed by atoms with Crippen molar-refractivity contribution in [3.8, 4) is 0 Å². The van der Waals surface area contributed by atoms with E-state index in [1.807, 2.05) is 60.7 Å². The standard InChI is InChI=1S/C30H30N4O3/c1-4-19-11-13-21(14-12-19)27(35)25-26(20-15-17-22(18-16-20)33(5-2)6-3)34(29(37)28(25)36)30-31-23-9-7-8-10-24(23)32-30/h7-18,26,35H,4-6H2,1-3H3,(H,31,32)/b27-25+. The van der Waals surface area contributed by atoms with E-state index in [0.717, 1.165) is 36.3 Å². The molecule has 3 aromatic carbocycles. The Morgan fingerprint density at radius 2 is 1.62 bits per heavy atom. The highest BCUT2D eigenvalue weighted by Gasteiger charge is 2.48. The van der Waals surface area contributed by atoms with Crippen molar-refractivity contribution < 1.29 is 14.7 Å². The Labute approximate surface area is 216 Å². The first-order valence-electron chi connectivity index (χ1n) is 12.7. The molecule has 0 radical (unpaired) electrons. The fourth-order valence-electron chi connectivity index (χ4n) is 4.93. The number of fused-ring (bicyclic) bond motifs is 1. The Balaban J connectivity index is 1.67. The maximum absolute atomic E-state index is 13.4. The summed E-state index contributed by atoms with van der Waals surface area (Å²) in [6, 6.07) is 21.8. The fraction of sp³-hybridized carbons (Fsp3) is 0.233. The van der Waals surface area contributed by atoms with Gasteiger partial charge in [0.05, 0.1) is 22.6 Å². The predicted molar refractivity (Wildman–Crippen MR) is 147 cm³/mol. The molecule has 0 aliphatic carbocycles. The van der Waals surface area contributed by atoms with E-state index in [1.165, 1.54) is 4.90 Å². The van der Waals surface area contributed by atoms with Gasteiger partial charge in [-0.15, -0.1) is 0 Å². The van der Waals surface area contributed by atoms with Gasteiger partial charge in [0.15, 0.2) is 0 Å². The number of aliphatic hydroxyl groups is 1. The second-order valence-electron chi connectivity index (χ2n) is 9.06. The Morgan fingerprint density at radius 1 is 0.946 bits per heavy atom. The van der Waals surface area contributed by atoms with Gasteiger partial charge in [0, 0.05) is 24.3 Å². The molecule has 4 aromatic rings. The molecular formula is C30H30N4O3. The van der Waals surface area contributed by atoms with Gasteiger partial charge >= 0.3 is 5.91 Å². The van der Waals surface area contributed by atoms with Crippen LogP contribution < -0.4 is 9.80 Å². The van der Waals surface area contributed by atoms with Crippen LogP contribution in [0, 0.1) is 0 Å². The number of nitrogens with zero attached hydrogens (tertiary/aromatic N) is 3. The SMILES string of the molecule is CCc1ccc(/C(O)=C2\C(=O)C(=O)N(c3nc4ccccc4[nH]3)C2c2ccc(N(CC)CC)cc2)cc1. The third kappa shape index (κ3) is 4.27. The summed E-state index contributed by atoms with van der Waals surface area (Å²) in [4.78, 5) is 38.2. The average molecular weight is 495 g/mol. The quantitative estimate of drug-likeness (QED) is 0.198. The van der Waals surface area contributed by atoms with Crippen molar-refractivity contribution in [2.24, 2.45) is 0 Å². The van der Waals surface area contributed by atoms with Crippen molar-refractivity contribution in [1.82, 2.24) is 9.97 Å². The van der Waals surface area contributed by atoms with E-state index in [-0.39, 0.29) is 17.3 Å². The van der Waals surface area contributed by atoms with Gasteiger partial charge in [0.1, 0.15) is 5.76 Å². The molecule has 188 valence electrons. The molecule has 0 saturated carbocycles. The zero-order valence-corrected chi connectivity index (χ0v) is 21.2. The minimum atomic E-state index is -0.836. The van der Waals surface area contributed by atoms with Crippen molar-refractivity contribution in [1.29, 1.82) is 0 Å². The maximum atomic E-state index is 13.4. The van der Waals surface area contributed by atoms with Crippen molar-refractivity contribution >= 4 is 40.1 Å². The zero-order chi connectivity index (χ0) is 26.1. The van der Waals surface area contributed by atoms with Crippen LogP contribution in [-0.2, 0) is 16.0 Å². The van der Waals surface area contributed by atoms with E-state index < -0.39 is 17.7 Å². The highest BCUT2D eigenvalue weighted by molar-refractivity contribution is 6.51. The number of para-hydroxylation sites is 2. The lowest BCUT2D eigenvalue weighted by Crippen LogP contribution is -2.30. The molecule has 0 bridgehead atoms. The number of Topliss-reactive ketones (excluding diaryl/α,β-unsaturated/α-hetero) is 1. The molecule has 0 spiro atoms. The molecule has 1 unspecified atom stereocenters. The maximum Gasteiger partial charge on any atom is 0.302 e. The van der Waals surface area contributed by atoms with Crippen LogP contribution in [0.5, 0.6) is 0 Å². The summed E-state index contributed by atoms with van der Waals surface area (Å²) in [6.07, 6.45) is 0.858. The first-order chi connectivity index (χ1) is 18.0. The molecule has 2 heterocycles. The lowest BCUT2D eigenvalue weighted by molar-refractivity contribution is -0.132. The number of anilines is 2. The third-order valence-corrected chi connectivity index (χ3v) is 7.02. The molecule has 2 N–H and O–H groups in total. The summed E-state index contributed by atoms with van der Waals surface area (Å²) >= 11 is 0. The molecule has 1 fully saturated rings. The zero-order valence-electron chi connectivity index (χ0n) is 21.2. The number of hydrogen-bond donors (Lipinski definition) is 2. The molecule has 5 rings (SSSR count). The summed E-state index contributed by atoms with van der Waals surface area (Å²) < 4.78 is 0. The van der Waals surface area contributed by atoms with Gasteiger partial charge in [-0.05, 0) is 55.7 Å². The van der Waals surface area contributed by atoms with Crippen molar-refractivity contribution in [3.05, 3.63) is 95.1 Å². The smallest absolute Gasteiger partial charge is 0.302 e. The van der Waals surface area contributed by atoms with Crippen LogP contribution >= 0.6 is 0 Å². The number of ketones is 1. The fourth-order valence-corrected chi connectivity index (χ4v) is 4.93. The number of carbonyl (C=O) groups is 2. The predicted octanol–water partition coefficient (Wildman–Crippen LogP) is 5.60. The molecule has 1 aliphatic heterocycles. The summed E-state index contributed by atoms with van der Waals surface area (Å²) in [6.45, 7) is 7.97. The Hall–Kier alpha value is -4.39. The Morgan fingerprint density at radius 3 is 2.24 bits per heavy atom. The highest BCUT2D eigenvalue weighted by Crippen LogP contribution is 2.42. The molecule has 7 nitrogen and oxygen atoms in total. The van der Waals surface area contributed by atoms with Gasteiger partial charge in [-0.1, -0.05) is 55.5 Å². The van der Waals surface area contributed by atoms with Crippen molar-refractivity contribution in [2.45, 2.75) is 33.2 Å². The summed E-state index contributed by atoms with van der Waals surface area (Å²) in [5, 5.41) is 11.4. The molecule has 7 heteroatoms. The van der Waals surface area contributed by atoms with Crippen LogP contribution in [0.15, 0.2) is 78.4 Å². The van der Waals surface area contributed by atoms with E-state index in [4.69, 9.17) is 0 Å². The van der Waals surface area contributed by atoms with E-state index in [0.29, 0.717) is 16.6 Å². The minimum Gasteiger partial charge on any atom is -0.507 e. The molecular weight excluding hydrogens is 464 g/mol. The Bertz CT molecular complexity index is 1450. The number of nitrogens with one attached hydrogen (secondary N) is 1. The molecule has 1 amide bonds. The van der Waals surface area contributed by atoms with E-state index >= 15 is 0 Å². The van der Waals surface area contributed by atoms with Crippen LogP contribution in [0.4, 0.5) is 11.6 Å². The van der Waals surface area contributed by atoms with Gasteiger partial charge in [-0.25, -0.2) is 4.98 Å². The summed E-state index contributed by atoms with van der Waals surface area (Å²) in [5.74, 6) is -1.40. The van der Waals surface area contributed by atoms with Crippen LogP contribution in [0.3, 0.4) is 0 Å². The molecule has 1 saturated heterocycles. The van der Waals surface area contributed by atoms with E-state index in [2.05, 4.69) is 35.6 Å². The number of aromatic nitrogens is 2. The monoisotopic (exact) mass is 494 g/mol. The highest BCUT2D eigenvalue weighted by atomic mass is 16.3. The number of imidazole rings is 1. The van der Waals surface area contributed by atoms with Crippen molar-refractivity contribution in [2.75, 3.05) is 22.9 Å². The van der Waals surface area contributed by atoms with Gasteiger partial charge in [0.25, 0.3) is 5.78 Å². The molecule has 37 heavy (non-hydrogen) atoms. The lowest BCUT2D eigenvalue weighted by atomic mass is 9.94. The number of hydrogen-bond acceptors (Lipinski definition) is 5. The molecule has 1 atom stereocenters. The second-order valence-corrected chi connectivity index (χ2v) is 9.06. The number of aryl methyl sites for hydroxylation is 1. The number of rotatable bonds is 7. The third-order valence-electron chi connectivity index (χ3n) is 7.02. The minimum absolute atomic E-state index is 0.0466. The largest absolute Gasteiger partial charge is 0.507 e. The first kappa shape index (κ1) is 24.3. The van der Waals surface area contributed by atoms with Gasteiger partial charge in [-0.2, -0.15) is 0 Å².